The number of anilines is 1. The van der Waals surface area contributed by atoms with Gasteiger partial charge in [0.1, 0.15) is 11.3 Å². The summed E-state index contributed by atoms with van der Waals surface area (Å²) in [5, 5.41) is 0.984. The molecule has 2 aromatic heterocycles. The average Bonchev–Trinajstić information content (AvgIpc) is 2.55. The second-order valence-electron chi connectivity index (χ2n) is 3.64. The van der Waals surface area contributed by atoms with Gasteiger partial charge in [-0.15, -0.1) is 0 Å². The molecule has 0 fully saturated rings. The van der Waals surface area contributed by atoms with E-state index in [1.54, 1.807) is 17.8 Å². The Labute approximate surface area is 92.9 Å². The molecule has 2 N–H and O–H groups in total. The Morgan fingerprint density at radius 1 is 1.33 bits per heavy atom. The van der Waals surface area contributed by atoms with Crippen LogP contribution >= 0.6 is 11.8 Å². The van der Waals surface area contributed by atoms with Gasteiger partial charge in [-0.1, -0.05) is 11.8 Å². The standard InChI is InChI=1S/C10H14N4S/c1-6(2)14-9-7(12-10(14)15-3)4-5-8(11)13-9/h4-6H,1-3H3,(H2,11,13). The first kappa shape index (κ1) is 10.3. The van der Waals surface area contributed by atoms with Gasteiger partial charge >= 0.3 is 0 Å². The van der Waals surface area contributed by atoms with Crippen molar-refractivity contribution in [3.8, 4) is 0 Å². The molecule has 0 aliphatic heterocycles. The molecule has 0 aromatic carbocycles. The molecule has 0 unspecified atom stereocenters. The van der Waals surface area contributed by atoms with Crippen LogP contribution in [0.4, 0.5) is 5.82 Å². The van der Waals surface area contributed by atoms with Crippen LogP contribution in [0.25, 0.3) is 11.2 Å². The van der Waals surface area contributed by atoms with E-state index in [0.717, 1.165) is 16.3 Å². The topological polar surface area (TPSA) is 56.7 Å². The molecule has 0 saturated heterocycles. The van der Waals surface area contributed by atoms with Crippen LogP contribution in [-0.2, 0) is 0 Å². The van der Waals surface area contributed by atoms with Gasteiger partial charge in [-0.25, -0.2) is 9.97 Å². The molecule has 0 aliphatic carbocycles. The lowest BCUT2D eigenvalue weighted by atomic mass is 10.3. The minimum Gasteiger partial charge on any atom is -0.384 e. The van der Waals surface area contributed by atoms with Crippen molar-refractivity contribution in [2.45, 2.75) is 25.0 Å². The molecule has 0 amide bonds. The highest BCUT2D eigenvalue weighted by Gasteiger charge is 2.13. The largest absolute Gasteiger partial charge is 0.384 e. The number of thioether (sulfide) groups is 1. The fraction of sp³-hybridized carbons (Fsp3) is 0.400. The van der Waals surface area contributed by atoms with Gasteiger partial charge in [0.2, 0.25) is 0 Å². The van der Waals surface area contributed by atoms with E-state index in [4.69, 9.17) is 5.73 Å². The third kappa shape index (κ3) is 1.67. The van der Waals surface area contributed by atoms with Crippen LogP contribution in [0.2, 0.25) is 0 Å². The van der Waals surface area contributed by atoms with Crippen LogP contribution in [-0.4, -0.2) is 20.8 Å². The Morgan fingerprint density at radius 3 is 2.67 bits per heavy atom. The van der Waals surface area contributed by atoms with E-state index < -0.39 is 0 Å². The Kier molecular flexibility index (Phi) is 2.56. The minimum atomic E-state index is 0.340. The van der Waals surface area contributed by atoms with Crippen LogP contribution in [0.1, 0.15) is 19.9 Å². The SMILES string of the molecule is CSc1nc2ccc(N)nc2n1C(C)C. The van der Waals surface area contributed by atoms with Gasteiger partial charge < -0.3 is 10.3 Å². The number of pyridine rings is 1. The van der Waals surface area contributed by atoms with Crippen LogP contribution in [0.15, 0.2) is 17.3 Å². The fourth-order valence-corrected chi connectivity index (χ4v) is 2.26. The Balaban J connectivity index is 2.76. The molecule has 80 valence electrons. The zero-order valence-electron chi connectivity index (χ0n) is 9.06. The Bertz CT molecular complexity index is 489. The summed E-state index contributed by atoms with van der Waals surface area (Å²) >= 11 is 1.63. The molecule has 0 aliphatic rings. The smallest absolute Gasteiger partial charge is 0.170 e. The second kappa shape index (κ2) is 3.73. The maximum atomic E-state index is 5.68. The Morgan fingerprint density at radius 2 is 2.07 bits per heavy atom. The lowest BCUT2D eigenvalue weighted by Crippen LogP contribution is -2.03. The molecule has 2 heterocycles. The van der Waals surface area contributed by atoms with Gasteiger partial charge in [-0.05, 0) is 32.2 Å². The predicted molar refractivity (Wildman–Crippen MR) is 64.1 cm³/mol. The Hall–Kier alpha value is -1.23. The normalized spacial score (nSPS) is 11.5. The first-order chi connectivity index (χ1) is 7.13. The number of rotatable bonds is 2. The zero-order valence-corrected chi connectivity index (χ0v) is 9.88. The van der Waals surface area contributed by atoms with Crippen molar-refractivity contribution in [2.75, 3.05) is 12.0 Å². The lowest BCUT2D eigenvalue weighted by molar-refractivity contribution is 0.563. The van der Waals surface area contributed by atoms with E-state index in [9.17, 15) is 0 Å². The van der Waals surface area contributed by atoms with Gasteiger partial charge in [0.15, 0.2) is 10.8 Å². The molecule has 4 nitrogen and oxygen atoms in total. The first-order valence-corrected chi connectivity index (χ1v) is 6.04. The summed E-state index contributed by atoms with van der Waals surface area (Å²) in [5.74, 6) is 0.539. The van der Waals surface area contributed by atoms with Crippen LogP contribution in [0.5, 0.6) is 0 Å². The summed E-state index contributed by atoms with van der Waals surface area (Å²) in [4.78, 5) is 8.83. The number of nitrogens with two attached hydrogens (primary N) is 1. The van der Waals surface area contributed by atoms with Crippen molar-refractivity contribution in [3.63, 3.8) is 0 Å². The monoisotopic (exact) mass is 222 g/mol. The number of fused-ring (bicyclic) bond motifs is 1. The number of hydrogen-bond donors (Lipinski definition) is 1. The van der Waals surface area contributed by atoms with Crippen molar-refractivity contribution in [2.24, 2.45) is 0 Å². The van der Waals surface area contributed by atoms with Crippen molar-refractivity contribution >= 4 is 28.7 Å². The van der Waals surface area contributed by atoms with E-state index in [0.29, 0.717) is 11.9 Å². The summed E-state index contributed by atoms with van der Waals surface area (Å²) in [6.45, 7) is 4.23. The lowest BCUT2D eigenvalue weighted by Gasteiger charge is -2.10. The first-order valence-electron chi connectivity index (χ1n) is 4.82. The molecule has 15 heavy (non-hydrogen) atoms. The molecule has 0 saturated carbocycles. The summed E-state index contributed by atoms with van der Waals surface area (Å²) < 4.78 is 2.11. The quantitative estimate of drug-likeness (QED) is 0.792. The molecule has 0 atom stereocenters. The van der Waals surface area contributed by atoms with Gasteiger partial charge in [0.25, 0.3) is 0 Å². The van der Waals surface area contributed by atoms with Crippen molar-refractivity contribution in [1.82, 2.24) is 14.5 Å². The van der Waals surface area contributed by atoms with Crippen LogP contribution in [0, 0.1) is 0 Å². The van der Waals surface area contributed by atoms with Gasteiger partial charge in [0, 0.05) is 6.04 Å². The van der Waals surface area contributed by atoms with E-state index >= 15 is 0 Å². The van der Waals surface area contributed by atoms with E-state index in [1.807, 2.05) is 12.3 Å². The highest BCUT2D eigenvalue weighted by atomic mass is 32.2. The third-order valence-electron chi connectivity index (χ3n) is 2.23. The van der Waals surface area contributed by atoms with E-state index in [1.165, 1.54) is 0 Å². The molecule has 2 aromatic rings. The number of nitrogen functional groups attached to an aromatic ring is 1. The number of imidazole rings is 1. The van der Waals surface area contributed by atoms with E-state index in [2.05, 4.69) is 28.4 Å². The third-order valence-corrected chi connectivity index (χ3v) is 2.88. The second-order valence-corrected chi connectivity index (χ2v) is 4.41. The maximum Gasteiger partial charge on any atom is 0.170 e. The summed E-state index contributed by atoms with van der Waals surface area (Å²) in [6.07, 6.45) is 2.02. The molecule has 5 heteroatoms. The molecule has 2 rings (SSSR count). The number of aromatic nitrogens is 3. The number of hydrogen-bond acceptors (Lipinski definition) is 4. The molecule has 0 spiro atoms. The van der Waals surface area contributed by atoms with Crippen molar-refractivity contribution in [1.29, 1.82) is 0 Å². The molecular weight excluding hydrogens is 208 g/mol. The van der Waals surface area contributed by atoms with Crippen LogP contribution < -0.4 is 5.73 Å². The maximum absolute atomic E-state index is 5.68. The van der Waals surface area contributed by atoms with Gasteiger partial charge in [-0.2, -0.15) is 0 Å². The molecule has 0 bridgehead atoms. The highest BCUT2D eigenvalue weighted by molar-refractivity contribution is 7.98. The molecular formula is C10H14N4S. The molecule has 0 radical (unpaired) electrons. The van der Waals surface area contributed by atoms with Crippen molar-refractivity contribution in [3.05, 3.63) is 12.1 Å². The summed E-state index contributed by atoms with van der Waals surface area (Å²) in [5.41, 5.74) is 7.46. The van der Waals surface area contributed by atoms with Gasteiger partial charge in [-0.3, -0.25) is 0 Å². The fourth-order valence-electron chi connectivity index (χ4n) is 1.58. The summed E-state index contributed by atoms with van der Waals surface area (Å²) in [7, 11) is 0. The predicted octanol–water partition coefficient (Wildman–Crippen LogP) is 2.32. The highest BCUT2D eigenvalue weighted by Crippen LogP contribution is 2.25. The summed E-state index contributed by atoms with van der Waals surface area (Å²) in [6, 6.07) is 4.03. The van der Waals surface area contributed by atoms with Crippen LogP contribution in [0.3, 0.4) is 0 Å². The van der Waals surface area contributed by atoms with Gasteiger partial charge in [0.05, 0.1) is 0 Å². The van der Waals surface area contributed by atoms with E-state index in [-0.39, 0.29) is 0 Å². The minimum absolute atomic E-state index is 0.340. The van der Waals surface area contributed by atoms with Crippen molar-refractivity contribution < 1.29 is 0 Å². The average molecular weight is 222 g/mol. The number of nitrogens with zero attached hydrogens (tertiary/aromatic N) is 3. The zero-order chi connectivity index (χ0) is 11.0.